The zero-order valence-corrected chi connectivity index (χ0v) is 16.2. The van der Waals surface area contributed by atoms with E-state index in [0.29, 0.717) is 5.76 Å². The van der Waals surface area contributed by atoms with Crippen LogP contribution in [0.4, 0.5) is 0 Å². The fourth-order valence-corrected chi connectivity index (χ4v) is 3.30. The molecule has 0 bridgehead atoms. The summed E-state index contributed by atoms with van der Waals surface area (Å²) in [6, 6.07) is 18.7. The predicted octanol–water partition coefficient (Wildman–Crippen LogP) is 4.34. The second-order valence-corrected chi connectivity index (χ2v) is 6.74. The molecule has 148 valence electrons. The van der Waals surface area contributed by atoms with Gasteiger partial charge in [-0.3, -0.25) is 4.79 Å². The number of aryl methyl sites for hydroxylation is 1. The Morgan fingerprint density at radius 2 is 1.93 bits per heavy atom. The number of methoxy groups -OCH3 is 1. The number of nitrogens with one attached hydrogen (secondary N) is 1. The molecule has 0 atom stereocenters. The highest BCUT2D eigenvalue weighted by Crippen LogP contribution is 2.25. The molecule has 2 aromatic carbocycles. The second kappa shape index (κ2) is 8.65. The summed E-state index contributed by atoms with van der Waals surface area (Å²) in [6.07, 6.45) is 2.77. The highest BCUT2D eigenvalue weighted by atomic mass is 16.5. The lowest BCUT2D eigenvalue weighted by Crippen LogP contribution is -2.21. The molecule has 1 heterocycles. The number of para-hydroxylation sites is 1. The van der Waals surface area contributed by atoms with Gasteiger partial charge < -0.3 is 13.9 Å². The molecule has 1 amide bonds. The third-order valence-corrected chi connectivity index (χ3v) is 4.79. The summed E-state index contributed by atoms with van der Waals surface area (Å²) < 4.78 is 16.5. The standard InChI is InChI=1S/C23H22N2O4/c1-27-18-10-12-20-16(14-18)6-5-9-21(20)24-25-23(26)22-13-11-19(29-22)15-28-17-7-3-2-4-8-17/h2-4,7-8,10-14H,5-6,9,15H2,1H3,(H,25,26)/b24-21-. The highest BCUT2D eigenvalue weighted by Gasteiger charge is 2.17. The van der Waals surface area contributed by atoms with Gasteiger partial charge in [-0.2, -0.15) is 5.10 Å². The van der Waals surface area contributed by atoms with Crippen molar-refractivity contribution in [2.24, 2.45) is 5.10 Å². The number of rotatable bonds is 6. The van der Waals surface area contributed by atoms with Crippen molar-refractivity contribution in [2.75, 3.05) is 7.11 Å². The Hall–Kier alpha value is -3.54. The molecule has 0 radical (unpaired) electrons. The van der Waals surface area contributed by atoms with Gasteiger partial charge in [0, 0.05) is 5.56 Å². The van der Waals surface area contributed by atoms with E-state index < -0.39 is 0 Å². The summed E-state index contributed by atoms with van der Waals surface area (Å²) in [7, 11) is 1.66. The second-order valence-electron chi connectivity index (χ2n) is 6.74. The van der Waals surface area contributed by atoms with Crippen molar-refractivity contribution in [1.82, 2.24) is 5.43 Å². The van der Waals surface area contributed by atoms with Crippen LogP contribution >= 0.6 is 0 Å². The van der Waals surface area contributed by atoms with Crippen LogP contribution in [0.5, 0.6) is 11.5 Å². The van der Waals surface area contributed by atoms with Gasteiger partial charge in [0.1, 0.15) is 23.9 Å². The van der Waals surface area contributed by atoms with E-state index in [9.17, 15) is 4.79 Å². The van der Waals surface area contributed by atoms with E-state index >= 15 is 0 Å². The van der Waals surface area contributed by atoms with Gasteiger partial charge in [0.2, 0.25) is 0 Å². The van der Waals surface area contributed by atoms with Crippen molar-refractivity contribution in [3.8, 4) is 11.5 Å². The highest BCUT2D eigenvalue weighted by molar-refractivity contribution is 6.03. The summed E-state index contributed by atoms with van der Waals surface area (Å²) in [6.45, 7) is 0.251. The maximum atomic E-state index is 12.4. The molecular weight excluding hydrogens is 368 g/mol. The molecule has 6 heteroatoms. The van der Waals surface area contributed by atoms with Crippen LogP contribution in [-0.4, -0.2) is 18.7 Å². The molecule has 0 saturated carbocycles. The van der Waals surface area contributed by atoms with E-state index in [2.05, 4.69) is 10.5 Å². The number of carbonyl (C=O) groups excluding carboxylic acids is 1. The monoisotopic (exact) mass is 390 g/mol. The van der Waals surface area contributed by atoms with Crippen molar-refractivity contribution in [2.45, 2.75) is 25.9 Å². The van der Waals surface area contributed by atoms with Gasteiger partial charge >= 0.3 is 5.91 Å². The molecule has 6 nitrogen and oxygen atoms in total. The van der Waals surface area contributed by atoms with Crippen LogP contribution in [0.3, 0.4) is 0 Å². The third kappa shape index (κ3) is 4.48. The number of hydrazone groups is 1. The Kier molecular flexibility index (Phi) is 5.61. The average molecular weight is 390 g/mol. The van der Waals surface area contributed by atoms with Crippen molar-refractivity contribution in [3.63, 3.8) is 0 Å². The maximum absolute atomic E-state index is 12.4. The van der Waals surface area contributed by atoms with Crippen LogP contribution in [0.1, 0.15) is 40.3 Å². The summed E-state index contributed by atoms with van der Waals surface area (Å²) >= 11 is 0. The third-order valence-electron chi connectivity index (χ3n) is 4.79. The zero-order chi connectivity index (χ0) is 20.1. The van der Waals surface area contributed by atoms with Gasteiger partial charge in [-0.25, -0.2) is 5.43 Å². The molecule has 0 unspecified atom stereocenters. The Labute approximate surface area is 169 Å². The van der Waals surface area contributed by atoms with Crippen LogP contribution in [-0.2, 0) is 13.0 Å². The van der Waals surface area contributed by atoms with Crippen LogP contribution in [0.2, 0.25) is 0 Å². The summed E-state index contributed by atoms with van der Waals surface area (Å²) in [5, 5.41) is 4.34. The Balaban J connectivity index is 1.40. The molecule has 3 aromatic rings. The lowest BCUT2D eigenvalue weighted by atomic mass is 9.90. The topological polar surface area (TPSA) is 73.1 Å². The van der Waals surface area contributed by atoms with Gasteiger partial charge in [0.15, 0.2) is 5.76 Å². The number of carbonyl (C=O) groups is 1. The maximum Gasteiger partial charge on any atom is 0.307 e. The molecule has 1 aliphatic rings. The number of hydrogen-bond donors (Lipinski definition) is 1. The van der Waals surface area contributed by atoms with Crippen LogP contribution in [0.15, 0.2) is 70.2 Å². The first-order valence-corrected chi connectivity index (χ1v) is 9.53. The first-order chi connectivity index (χ1) is 14.2. The fourth-order valence-electron chi connectivity index (χ4n) is 3.30. The zero-order valence-electron chi connectivity index (χ0n) is 16.2. The number of fused-ring (bicyclic) bond motifs is 1. The smallest absolute Gasteiger partial charge is 0.307 e. The van der Waals surface area contributed by atoms with E-state index in [-0.39, 0.29) is 18.3 Å². The van der Waals surface area contributed by atoms with Crippen molar-refractivity contribution in [3.05, 3.63) is 83.3 Å². The normalized spacial score (nSPS) is 14.3. The SMILES string of the molecule is COc1ccc2c(c1)CCC/C2=N/NC(=O)c1ccc(COc2ccccc2)o1. The van der Waals surface area contributed by atoms with E-state index in [1.807, 2.05) is 48.5 Å². The molecule has 0 saturated heterocycles. The number of amides is 1. The Morgan fingerprint density at radius 3 is 2.76 bits per heavy atom. The number of benzene rings is 2. The quantitative estimate of drug-likeness (QED) is 0.636. The molecule has 29 heavy (non-hydrogen) atoms. The number of hydrogen-bond acceptors (Lipinski definition) is 5. The van der Waals surface area contributed by atoms with Crippen molar-refractivity contribution in [1.29, 1.82) is 0 Å². The van der Waals surface area contributed by atoms with E-state index in [1.165, 1.54) is 5.56 Å². The lowest BCUT2D eigenvalue weighted by Gasteiger charge is -2.18. The van der Waals surface area contributed by atoms with Crippen molar-refractivity contribution >= 4 is 11.6 Å². The largest absolute Gasteiger partial charge is 0.497 e. The van der Waals surface area contributed by atoms with Gasteiger partial charge in [0.25, 0.3) is 0 Å². The van der Waals surface area contributed by atoms with Crippen molar-refractivity contribution < 1.29 is 18.7 Å². The van der Waals surface area contributed by atoms with Gasteiger partial charge in [-0.15, -0.1) is 0 Å². The Bertz CT molecular complexity index is 1020. The summed E-state index contributed by atoms with van der Waals surface area (Å²) in [5.41, 5.74) is 5.70. The van der Waals surface area contributed by atoms with Crippen LogP contribution in [0, 0.1) is 0 Å². The van der Waals surface area contributed by atoms with Gasteiger partial charge in [-0.05, 0) is 67.3 Å². The Morgan fingerprint density at radius 1 is 1.07 bits per heavy atom. The number of furan rings is 1. The first-order valence-electron chi connectivity index (χ1n) is 9.53. The number of ether oxygens (including phenoxy) is 2. The molecular formula is C23H22N2O4. The molecule has 0 spiro atoms. The van der Waals surface area contributed by atoms with E-state index in [1.54, 1.807) is 19.2 Å². The van der Waals surface area contributed by atoms with Gasteiger partial charge in [-0.1, -0.05) is 18.2 Å². The minimum absolute atomic E-state index is 0.201. The predicted molar refractivity (Wildman–Crippen MR) is 109 cm³/mol. The molecule has 1 aromatic heterocycles. The van der Waals surface area contributed by atoms with E-state index in [0.717, 1.165) is 42.0 Å². The average Bonchev–Trinajstić information content (AvgIpc) is 3.25. The number of nitrogens with zero attached hydrogens (tertiary/aromatic N) is 1. The van der Waals surface area contributed by atoms with Gasteiger partial charge in [0.05, 0.1) is 12.8 Å². The first kappa shape index (κ1) is 18.8. The molecule has 0 fully saturated rings. The summed E-state index contributed by atoms with van der Waals surface area (Å²) in [4.78, 5) is 12.4. The molecule has 1 aliphatic carbocycles. The molecule has 4 rings (SSSR count). The fraction of sp³-hybridized carbons (Fsp3) is 0.217. The lowest BCUT2D eigenvalue weighted by molar-refractivity contribution is 0.0923. The van der Waals surface area contributed by atoms with Crippen LogP contribution in [0.25, 0.3) is 0 Å². The van der Waals surface area contributed by atoms with E-state index in [4.69, 9.17) is 13.9 Å². The minimum atomic E-state index is -0.385. The molecule has 1 N–H and O–H groups in total. The molecule has 0 aliphatic heterocycles. The summed E-state index contributed by atoms with van der Waals surface area (Å²) in [5.74, 6) is 1.96. The minimum Gasteiger partial charge on any atom is -0.497 e. The van der Waals surface area contributed by atoms with Crippen LogP contribution < -0.4 is 14.9 Å².